The molecule has 0 unspecified atom stereocenters. The van der Waals surface area contributed by atoms with Crippen LogP contribution in [-0.2, 0) is 4.74 Å². The van der Waals surface area contributed by atoms with Crippen molar-refractivity contribution in [1.29, 1.82) is 0 Å². The lowest BCUT2D eigenvalue weighted by molar-refractivity contribution is 0.0438. The van der Waals surface area contributed by atoms with Crippen molar-refractivity contribution in [2.45, 2.75) is 70.8 Å². The van der Waals surface area contributed by atoms with E-state index in [1.165, 1.54) is 51.4 Å². The third kappa shape index (κ3) is 11.7. The molecule has 2 aliphatic heterocycles. The molecule has 1 amide bonds. The number of halogens is 2. The molecule has 0 aromatic heterocycles. The number of nitrogens with one attached hydrogen (secondary N) is 1. The number of ether oxygens (including phenoxy) is 2. The smallest absolute Gasteiger partial charge is 0.411 e. The second-order valence-electron chi connectivity index (χ2n) is 8.96. The van der Waals surface area contributed by atoms with E-state index in [1.54, 1.807) is 0 Å². The van der Waals surface area contributed by atoms with Gasteiger partial charge in [0.25, 0.3) is 0 Å². The summed E-state index contributed by atoms with van der Waals surface area (Å²) < 4.78 is 11.7. The maximum atomic E-state index is 12.7. The number of unbranched alkanes of at least 4 members (excludes halogenated alkanes) is 2. The summed E-state index contributed by atoms with van der Waals surface area (Å²) in [5.74, 6) is 0.784. The van der Waals surface area contributed by atoms with Crippen LogP contribution in [0.3, 0.4) is 0 Å². The third-order valence-corrected chi connectivity index (χ3v) is 6.19. The standard InChI is InChI=1S/C25H41N3O3.2ClH/c1-2-3-10-18-30-23-13-11-12-22(19-23)26-25(29)31-24(20-27-14-6-4-7-15-27)21-28-16-8-5-9-17-28;;/h11-13,19,24H,2-10,14-18,20-21H2,1H3,(H,26,29);2*1H. The van der Waals surface area contributed by atoms with Crippen molar-refractivity contribution in [2.24, 2.45) is 0 Å². The van der Waals surface area contributed by atoms with Crippen molar-refractivity contribution in [1.82, 2.24) is 9.80 Å². The zero-order valence-corrected chi connectivity index (χ0v) is 21.8. The van der Waals surface area contributed by atoms with Crippen LogP contribution in [0, 0.1) is 0 Å². The van der Waals surface area contributed by atoms with Crippen molar-refractivity contribution >= 4 is 36.6 Å². The topological polar surface area (TPSA) is 54.0 Å². The zero-order valence-electron chi connectivity index (χ0n) is 20.1. The average molecular weight is 505 g/mol. The first-order valence-electron chi connectivity index (χ1n) is 12.4. The largest absolute Gasteiger partial charge is 0.494 e. The summed E-state index contributed by atoms with van der Waals surface area (Å²) in [5.41, 5.74) is 0.715. The van der Waals surface area contributed by atoms with E-state index in [0.717, 1.165) is 51.4 Å². The van der Waals surface area contributed by atoms with Crippen LogP contribution in [0.25, 0.3) is 0 Å². The number of anilines is 1. The van der Waals surface area contributed by atoms with E-state index in [4.69, 9.17) is 9.47 Å². The Balaban J connectivity index is 0.00000272. The van der Waals surface area contributed by atoms with Gasteiger partial charge in [0.05, 0.1) is 6.61 Å². The Labute approximate surface area is 212 Å². The predicted molar refractivity (Wildman–Crippen MR) is 140 cm³/mol. The summed E-state index contributed by atoms with van der Waals surface area (Å²) in [5, 5.41) is 2.91. The monoisotopic (exact) mass is 503 g/mol. The van der Waals surface area contributed by atoms with E-state index in [0.29, 0.717) is 12.3 Å². The Hall–Kier alpha value is -1.21. The minimum Gasteiger partial charge on any atom is -0.494 e. The Morgan fingerprint density at radius 1 is 0.939 bits per heavy atom. The van der Waals surface area contributed by atoms with Gasteiger partial charge < -0.3 is 9.47 Å². The van der Waals surface area contributed by atoms with Gasteiger partial charge in [-0.25, -0.2) is 4.79 Å². The number of benzene rings is 1. The first-order chi connectivity index (χ1) is 15.2. The van der Waals surface area contributed by atoms with E-state index < -0.39 is 0 Å². The number of nitrogens with zero attached hydrogens (tertiary/aromatic N) is 2. The van der Waals surface area contributed by atoms with Crippen molar-refractivity contribution in [3.05, 3.63) is 24.3 Å². The molecule has 0 aliphatic carbocycles. The fourth-order valence-corrected chi connectivity index (χ4v) is 4.50. The maximum Gasteiger partial charge on any atom is 0.411 e. The normalized spacial score (nSPS) is 17.0. The number of rotatable bonds is 11. The van der Waals surface area contributed by atoms with E-state index in [1.807, 2.05) is 24.3 Å². The minimum atomic E-state index is -0.373. The Bertz CT molecular complexity index is 634. The molecule has 1 N–H and O–H groups in total. The van der Waals surface area contributed by atoms with Gasteiger partial charge in [0.15, 0.2) is 0 Å². The Kier molecular flexibility index (Phi) is 15.6. The molecule has 0 radical (unpaired) electrons. The lowest BCUT2D eigenvalue weighted by Gasteiger charge is -2.34. The van der Waals surface area contributed by atoms with Crippen molar-refractivity contribution in [2.75, 3.05) is 51.2 Å². The highest BCUT2D eigenvalue weighted by Crippen LogP contribution is 2.19. The molecule has 2 heterocycles. The molecule has 0 bridgehead atoms. The predicted octanol–water partition coefficient (Wildman–Crippen LogP) is 5.99. The number of carbonyl (C=O) groups excluding carboxylic acids is 1. The number of likely N-dealkylation sites (tertiary alicyclic amines) is 2. The summed E-state index contributed by atoms with van der Waals surface area (Å²) in [6.07, 6.45) is 10.5. The van der Waals surface area contributed by atoms with Crippen LogP contribution in [0.2, 0.25) is 0 Å². The fourth-order valence-electron chi connectivity index (χ4n) is 4.50. The van der Waals surface area contributed by atoms with E-state index in [2.05, 4.69) is 22.0 Å². The van der Waals surface area contributed by atoms with Crippen molar-refractivity contribution in [3.8, 4) is 5.75 Å². The first-order valence-corrected chi connectivity index (χ1v) is 12.4. The van der Waals surface area contributed by atoms with Gasteiger partial charge in [-0.1, -0.05) is 38.7 Å². The van der Waals surface area contributed by atoms with Gasteiger partial charge in [0.1, 0.15) is 11.9 Å². The van der Waals surface area contributed by atoms with Crippen LogP contribution in [0.5, 0.6) is 5.75 Å². The summed E-state index contributed by atoms with van der Waals surface area (Å²) >= 11 is 0. The van der Waals surface area contributed by atoms with Gasteiger partial charge in [-0.05, 0) is 70.4 Å². The first kappa shape index (κ1) is 29.8. The van der Waals surface area contributed by atoms with E-state index in [-0.39, 0.29) is 37.0 Å². The van der Waals surface area contributed by atoms with Gasteiger partial charge in [-0.3, -0.25) is 15.1 Å². The molecule has 8 heteroatoms. The Morgan fingerprint density at radius 3 is 2.12 bits per heavy atom. The van der Waals surface area contributed by atoms with Crippen LogP contribution in [0.4, 0.5) is 10.5 Å². The molecule has 2 fully saturated rings. The molecule has 190 valence electrons. The number of piperidine rings is 2. The number of hydrogen-bond acceptors (Lipinski definition) is 5. The molecule has 33 heavy (non-hydrogen) atoms. The second-order valence-corrected chi connectivity index (χ2v) is 8.96. The number of amides is 1. The second kappa shape index (κ2) is 17.3. The van der Waals surface area contributed by atoms with Crippen LogP contribution in [0.1, 0.15) is 64.7 Å². The van der Waals surface area contributed by atoms with Crippen LogP contribution in [-0.4, -0.2) is 67.9 Å². The van der Waals surface area contributed by atoms with Gasteiger partial charge >= 0.3 is 6.09 Å². The molecule has 2 saturated heterocycles. The zero-order chi connectivity index (χ0) is 21.7. The van der Waals surface area contributed by atoms with Crippen LogP contribution >= 0.6 is 24.8 Å². The fraction of sp³-hybridized carbons (Fsp3) is 0.720. The molecule has 0 saturated carbocycles. The molecule has 6 nitrogen and oxygen atoms in total. The molecule has 0 atom stereocenters. The molecule has 1 aromatic rings. The molecular formula is C25H43Cl2N3O3. The van der Waals surface area contributed by atoms with Crippen LogP contribution in [0.15, 0.2) is 24.3 Å². The van der Waals surface area contributed by atoms with Crippen molar-refractivity contribution in [3.63, 3.8) is 0 Å². The number of carbonyl (C=O) groups is 1. The maximum absolute atomic E-state index is 12.7. The average Bonchev–Trinajstić information content (AvgIpc) is 2.78. The lowest BCUT2D eigenvalue weighted by Crippen LogP contribution is -2.45. The SMILES string of the molecule is CCCCCOc1cccc(NC(=O)OC(CN2CCCCC2)CN2CCCCC2)c1.Cl.Cl. The third-order valence-electron chi connectivity index (χ3n) is 6.19. The Morgan fingerprint density at radius 2 is 1.55 bits per heavy atom. The summed E-state index contributed by atoms with van der Waals surface area (Å²) in [4.78, 5) is 17.6. The highest BCUT2D eigenvalue weighted by atomic mass is 35.5. The summed E-state index contributed by atoms with van der Waals surface area (Å²) in [6, 6.07) is 7.59. The molecule has 0 spiro atoms. The van der Waals surface area contributed by atoms with Crippen molar-refractivity contribution < 1.29 is 14.3 Å². The molecular weight excluding hydrogens is 461 g/mol. The molecule has 1 aromatic carbocycles. The number of hydrogen-bond donors (Lipinski definition) is 1. The summed E-state index contributed by atoms with van der Waals surface area (Å²) in [6.45, 7) is 8.97. The molecule has 3 rings (SSSR count). The van der Waals surface area contributed by atoms with Gasteiger partial charge in [0, 0.05) is 24.8 Å². The van der Waals surface area contributed by atoms with Crippen LogP contribution < -0.4 is 10.1 Å². The quantitative estimate of drug-likeness (QED) is 0.376. The molecule has 2 aliphatic rings. The summed E-state index contributed by atoms with van der Waals surface area (Å²) in [7, 11) is 0. The van der Waals surface area contributed by atoms with E-state index in [9.17, 15) is 4.79 Å². The van der Waals surface area contributed by atoms with Gasteiger partial charge in [-0.15, -0.1) is 24.8 Å². The van der Waals surface area contributed by atoms with Gasteiger partial charge in [0.2, 0.25) is 0 Å². The van der Waals surface area contributed by atoms with E-state index >= 15 is 0 Å². The highest BCUT2D eigenvalue weighted by Gasteiger charge is 2.23. The van der Waals surface area contributed by atoms with Gasteiger partial charge in [-0.2, -0.15) is 0 Å². The lowest BCUT2D eigenvalue weighted by atomic mass is 10.1. The highest BCUT2D eigenvalue weighted by molar-refractivity contribution is 5.86. The minimum absolute atomic E-state index is 0.